The third-order valence-electron chi connectivity index (χ3n) is 10.8. The Morgan fingerprint density at radius 1 is 0.930 bits per heavy atom. The number of benzene rings is 1. The molecular formula is C34H49F5O3S. The van der Waals surface area contributed by atoms with Gasteiger partial charge in [-0.3, -0.25) is 9.00 Å². The quantitative estimate of drug-likeness (QED) is 0.110. The molecule has 0 aliphatic heterocycles. The van der Waals surface area contributed by atoms with Gasteiger partial charge in [0.1, 0.15) is 6.10 Å². The minimum atomic E-state index is -5.54. The van der Waals surface area contributed by atoms with Gasteiger partial charge in [0.2, 0.25) is 0 Å². The summed E-state index contributed by atoms with van der Waals surface area (Å²) in [6, 6.07) is 9.00. The van der Waals surface area contributed by atoms with E-state index < -0.39 is 29.3 Å². The summed E-state index contributed by atoms with van der Waals surface area (Å²) >= 11 is 0. The average molecular weight is 633 g/mol. The van der Waals surface area contributed by atoms with E-state index in [9.17, 15) is 31.0 Å². The first-order valence-corrected chi connectivity index (χ1v) is 17.9. The highest BCUT2D eigenvalue weighted by Crippen LogP contribution is 2.63. The predicted molar refractivity (Wildman–Crippen MR) is 161 cm³/mol. The van der Waals surface area contributed by atoms with Crippen molar-refractivity contribution in [1.29, 1.82) is 0 Å². The van der Waals surface area contributed by atoms with Crippen molar-refractivity contribution >= 4 is 16.8 Å². The van der Waals surface area contributed by atoms with Gasteiger partial charge in [0, 0.05) is 41.1 Å². The van der Waals surface area contributed by atoms with Crippen LogP contribution < -0.4 is 0 Å². The van der Waals surface area contributed by atoms with E-state index in [1.165, 1.54) is 31.7 Å². The van der Waals surface area contributed by atoms with Crippen molar-refractivity contribution in [2.45, 2.75) is 134 Å². The Balaban J connectivity index is 1.17. The number of carbonyl (C=O) groups excluding carboxylic acids is 1. The van der Waals surface area contributed by atoms with Gasteiger partial charge in [-0.1, -0.05) is 69.7 Å². The van der Waals surface area contributed by atoms with E-state index in [-0.39, 0.29) is 29.7 Å². The first-order valence-electron chi connectivity index (χ1n) is 16.4. The molecule has 9 heteroatoms. The minimum absolute atomic E-state index is 0.0327. The van der Waals surface area contributed by atoms with Gasteiger partial charge in [0.15, 0.2) is 0 Å². The second-order valence-electron chi connectivity index (χ2n) is 13.6. The molecule has 2 saturated carbocycles. The highest BCUT2D eigenvalue weighted by molar-refractivity contribution is 7.84. The molecule has 4 rings (SSSR count). The van der Waals surface area contributed by atoms with E-state index in [1.807, 2.05) is 0 Å². The van der Waals surface area contributed by atoms with Crippen LogP contribution in [-0.4, -0.2) is 39.9 Å². The topological polar surface area (TPSA) is 43.4 Å². The van der Waals surface area contributed by atoms with Crippen molar-refractivity contribution in [3.05, 3.63) is 35.4 Å². The predicted octanol–water partition coefficient (Wildman–Crippen LogP) is 9.55. The zero-order chi connectivity index (χ0) is 31.3. The van der Waals surface area contributed by atoms with Crippen molar-refractivity contribution in [3.8, 4) is 0 Å². The van der Waals surface area contributed by atoms with E-state index in [2.05, 4.69) is 31.2 Å². The molecule has 0 radical (unpaired) electrons. The van der Waals surface area contributed by atoms with E-state index in [4.69, 9.17) is 4.74 Å². The number of fused-ring (bicyclic) bond motifs is 5. The van der Waals surface area contributed by atoms with Crippen molar-refractivity contribution in [2.75, 3.05) is 11.5 Å². The fourth-order valence-electron chi connectivity index (χ4n) is 8.61. The summed E-state index contributed by atoms with van der Waals surface area (Å²) in [5, 5.41) is 0. The van der Waals surface area contributed by atoms with E-state index in [1.54, 1.807) is 5.56 Å². The SMILES string of the molecule is CC(=O)O[C@H]1CC[C@H]2[C@@H]3[C@H](CCCCCCCCCS(=O)CCCC(F)(F)C(F)(F)F)Cc4ccccc4[C@H]3CC[C@]12C. The zero-order valence-electron chi connectivity index (χ0n) is 25.7. The zero-order valence-corrected chi connectivity index (χ0v) is 26.6. The van der Waals surface area contributed by atoms with Gasteiger partial charge in [-0.2, -0.15) is 22.0 Å². The average Bonchev–Trinajstić information content (AvgIpc) is 3.26. The molecule has 3 aliphatic rings. The van der Waals surface area contributed by atoms with Crippen LogP contribution in [0.2, 0.25) is 0 Å². The molecule has 1 aromatic carbocycles. The second kappa shape index (κ2) is 14.7. The summed E-state index contributed by atoms with van der Waals surface area (Å²) in [4.78, 5) is 11.8. The molecule has 0 heterocycles. The number of hydrogen-bond acceptors (Lipinski definition) is 3. The molecule has 0 N–H and O–H groups in total. The van der Waals surface area contributed by atoms with Crippen LogP contribution >= 0.6 is 0 Å². The fraction of sp³-hybridized carbons (Fsp3) is 0.794. The van der Waals surface area contributed by atoms with Crippen LogP contribution in [0.15, 0.2) is 24.3 Å². The fourth-order valence-corrected chi connectivity index (χ4v) is 9.80. The summed E-state index contributed by atoms with van der Waals surface area (Å²) in [7, 11) is -1.35. The summed E-state index contributed by atoms with van der Waals surface area (Å²) in [5.74, 6) is -2.16. The van der Waals surface area contributed by atoms with Gasteiger partial charge in [-0.25, -0.2) is 0 Å². The third-order valence-corrected chi connectivity index (χ3v) is 12.2. The molecule has 0 bridgehead atoms. The first-order chi connectivity index (χ1) is 20.3. The molecular weight excluding hydrogens is 583 g/mol. The van der Waals surface area contributed by atoms with Crippen LogP contribution in [0.3, 0.4) is 0 Å². The smallest absolute Gasteiger partial charge is 0.453 e. The van der Waals surface area contributed by atoms with Crippen molar-refractivity contribution in [1.82, 2.24) is 0 Å². The summed E-state index contributed by atoms with van der Waals surface area (Å²) in [6.45, 7) is 3.90. The first kappa shape index (κ1) is 34.4. The molecule has 244 valence electrons. The van der Waals surface area contributed by atoms with Gasteiger partial charge in [0.25, 0.3) is 0 Å². The molecule has 0 aromatic heterocycles. The number of halogens is 5. The molecule has 0 spiro atoms. The Morgan fingerprint density at radius 2 is 1.58 bits per heavy atom. The van der Waals surface area contributed by atoms with Crippen molar-refractivity contribution in [2.24, 2.45) is 23.2 Å². The van der Waals surface area contributed by atoms with Crippen molar-refractivity contribution < 1.29 is 35.7 Å². The lowest BCUT2D eigenvalue weighted by Gasteiger charge is -2.53. The molecule has 2 fully saturated rings. The van der Waals surface area contributed by atoms with E-state index in [0.717, 1.165) is 57.8 Å². The van der Waals surface area contributed by atoms with Crippen molar-refractivity contribution in [3.63, 3.8) is 0 Å². The highest BCUT2D eigenvalue weighted by Gasteiger charge is 2.58. The van der Waals surface area contributed by atoms with Crippen LogP contribution in [0.5, 0.6) is 0 Å². The molecule has 1 aromatic rings. The molecule has 1 unspecified atom stereocenters. The van der Waals surface area contributed by atoms with Gasteiger partial charge >= 0.3 is 18.1 Å². The van der Waals surface area contributed by atoms with Gasteiger partial charge in [0.05, 0.1) is 0 Å². The Bertz CT molecular complexity index is 1090. The second-order valence-corrected chi connectivity index (χ2v) is 15.3. The van der Waals surface area contributed by atoms with Gasteiger partial charge < -0.3 is 4.74 Å². The summed E-state index contributed by atoms with van der Waals surface area (Å²) < 4.78 is 80.5. The maximum absolute atomic E-state index is 13.0. The number of hydrogen-bond donors (Lipinski definition) is 0. The number of ether oxygens (including phenoxy) is 1. The lowest BCUT2D eigenvalue weighted by molar-refractivity contribution is -0.284. The molecule has 7 atom stereocenters. The lowest BCUT2D eigenvalue weighted by atomic mass is 9.52. The number of rotatable bonds is 15. The normalized spacial score (nSPS) is 29.4. The number of carbonyl (C=O) groups is 1. The van der Waals surface area contributed by atoms with Crippen LogP contribution in [0.4, 0.5) is 22.0 Å². The molecule has 0 amide bonds. The minimum Gasteiger partial charge on any atom is -0.462 e. The molecule has 3 nitrogen and oxygen atoms in total. The van der Waals surface area contributed by atoms with Gasteiger partial charge in [-0.05, 0) is 86.2 Å². The van der Waals surface area contributed by atoms with Gasteiger partial charge in [-0.15, -0.1) is 0 Å². The van der Waals surface area contributed by atoms with Crippen LogP contribution in [0.1, 0.15) is 121 Å². The molecule has 0 saturated heterocycles. The number of esters is 1. The lowest BCUT2D eigenvalue weighted by Crippen LogP contribution is -2.48. The Labute approximate surface area is 256 Å². The maximum Gasteiger partial charge on any atom is 0.453 e. The third kappa shape index (κ3) is 8.40. The van der Waals surface area contributed by atoms with E-state index in [0.29, 0.717) is 35.8 Å². The van der Waals surface area contributed by atoms with Crippen LogP contribution in [-0.2, 0) is 26.8 Å². The number of unbranched alkanes of at least 4 members (excludes halogenated alkanes) is 6. The van der Waals surface area contributed by atoms with Crippen LogP contribution in [0, 0.1) is 23.2 Å². The largest absolute Gasteiger partial charge is 0.462 e. The summed E-state index contributed by atoms with van der Waals surface area (Å²) in [6.07, 6.45) is 6.76. The Kier molecular flexibility index (Phi) is 11.8. The standard InChI is InChI=1S/C34H49F5O3S/c1-24(40)42-30-17-16-29-31-26(23-25-13-9-10-15-27(25)28(31)18-20-32(29,30)2)14-8-6-4-3-5-7-11-21-43(41)22-12-19-33(35,36)34(37,38)39/h9-10,13,15,26,28-31H,3-8,11-12,14,16-23H2,1-2H3/t26-,28-,29+,30+,31-,32+,43?/m1/s1. The number of alkyl halides is 5. The molecule has 43 heavy (non-hydrogen) atoms. The van der Waals surface area contributed by atoms with E-state index >= 15 is 0 Å². The maximum atomic E-state index is 13.0. The Morgan fingerprint density at radius 3 is 2.28 bits per heavy atom. The monoisotopic (exact) mass is 632 g/mol. The van der Waals surface area contributed by atoms with Crippen LogP contribution in [0.25, 0.3) is 0 Å². The highest BCUT2D eigenvalue weighted by atomic mass is 32.2. The molecule has 3 aliphatic carbocycles. The summed E-state index contributed by atoms with van der Waals surface area (Å²) in [5.41, 5.74) is 3.12. The Hall–Kier alpha value is -1.51.